The Hall–Kier alpha value is -2.35. The van der Waals surface area contributed by atoms with E-state index < -0.39 is 0 Å². The molecule has 144 valence electrons. The first-order valence-electron chi connectivity index (χ1n) is 8.13. The molecule has 3 rings (SSSR count). The summed E-state index contributed by atoms with van der Waals surface area (Å²) in [5.74, 6) is 1.13. The highest BCUT2D eigenvalue weighted by atomic mass is 35.5. The summed E-state index contributed by atoms with van der Waals surface area (Å²) in [4.78, 5) is 16.9. The van der Waals surface area contributed by atoms with Crippen LogP contribution in [0.2, 0.25) is 5.02 Å². The Morgan fingerprint density at radius 1 is 1.33 bits per heavy atom. The molecule has 0 fully saturated rings. The Balaban J connectivity index is 0.00000261. The van der Waals surface area contributed by atoms with E-state index >= 15 is 0 Å². The first-order valence-corrected chi connectivity index (χ1v) is 8.51. The number of halogens is 2. The molecule has 0 saturated carbocycles. The number of nitrogens with one attached hydrogen (secondary N) is 2. The van der Waals surface area contributed by atoms with E-state index in [1.54, 1.807) is 31.2 Å². The van der Waals surface area contributed by atoms with Gasteiger partial charge in [0, 0.05) is 17.5 Å². The summed E-state index contributed by atoms with van der Waals surface area (Å²) in [7, 11) is 1.87. The second kappa shape index (κ2) is 9.03. The number of carbonyl (C=O) groups excluding carboxylic acids is 1. The SMILES string of the molecule is CNC(C)Cc1noc(-c2ccc(Cl)cc2NC(=O)c2ccoc2C)n1.Cl. The lowest BCUT2D eigenvalue weighted by molar-refractivity contribution is 0.102. The van der Waals surface area contributed by atoms with Crippen LogP contribution in [0.3, 0.4) is 0 Å². The van der Waals surface area contributed by atoms with Crippen LogP contribution in [-0.4, -0.2) is 29.1 Å². The topological polar surface area (TPSA) is 93.2 Å². The van der Waals surface area contributed by atoms with Gasteiger partial charge in [0.15, 0.2) is 5.82 Å². The lowest BCUT2D eigenvalue weighted by Gasteiger charge is -2.09. The maximum Gasteiger partial charge on any atom is 0.260 e. The van der Waals surface area contributed by atoms with Crippen molar-refractivity contribution in [1.82, 2.24) is 15.5 Å². The van der Waals surface area contributed by atoms with Crippen molar-refractivity contribution in [2.75, 3.05) is 12.4 Å². The molecule has 1 atom stereocenters. The third-order valence-electron chi connectivity index (χ3n) is 4.01. The molecule has 0 saturated heterocycles. The van der Waals surface area contributed by atoms with Crippen molar-refractivity contribution in [1.29, 1.82) is 0 Å². The van der Waals surface area contributed by atoms with Gasteiger partial charge in [0.05, 0.1) is 23.1 Å². The minimum absolute atomic E-state index is 0. The van der Waals surface area contributed by atoms with Crippen LogP contribution < -0.4 is 10.6 Å². The summed E-state index contributed by atoms with van der Waals surface area (Å²) in [5.41, 5.74) is 1.53. The van der Waals surface area contributed by atoms with Gasteiger partial charge in [0.1, 0.15) is 5.76 Å². The molecule has 0 aliphatic rings. The third-order valence-corrected chi connectivity index (χ3v) is 4.25. The van der Waals surface area contributed by atoms with Gasteiger partial charge in [-0.15, -0.1) is 12.4 Å². The Morgan fingerprint density at radius 3 is 2.78 bits per heavy atom. The van der Waals surface area contributed by atoms with E-state index in [1.165, 1.54) is 6.26 Å². The molecular formula is C18H20Cl2N4O3. The van der Waals surface area contributed by atoms with Gasteiger partial charge < -0.3 is 19.6 Å². The van der Waals surface area contributed by atoms with Crippen molar-refractivity contribution in [2.45, 2.75) is 26.3 Å². The number of likely N-dealkylation sites (N-methyl/N-ethyl adjacent to an activating group) is 1. The first kappa shape index (κ1) is 21.0. The van der Waals surface area contributed by atoms with Crippen LogP contribution >= 0.6 is 24.0 Å². The van der Waals surface area contributed by atoms with Gasteiger partial charge in [-0.2, -0.15) is 4.98 Å². The first-order chi connectivity index (χ1) is 12.5. The molecule has 2 aromatic heterocycles. The normalized spacial score (nSPS) is 11.7. The molecule has 2 N–H and O–H groups in total. The van der Waals surface area contributed by atoms with E-state index in [1.807, 2.05) is 14.0 Å². The molecule has 0 aliphatic heterocycles. The van der Waals surface area contributed by atoms with E-state index in [4.69, 9.17) is 20.5 Å². The maximum atomic E-state index is 12.5. The van der Waals surface area contributed by atoms with Crippen LogP contribution in [0.25, 0.3) is 11.5 Å². The average Bonchev–Trinajstić information content (AvgIpc) is 3.24. The summed E-state index contributed by atoms with van der Waals surface area (Å²) in [6.07, 6.45) is 2.10. The minimum atomic E-state index is -0.302. The molecule has 0 bridgehead atoms. The molecule has 1 aromatic carbocycles. The number of aromatic nitrogens is 2. The zero-order chi connectivity index (χ0) is 18.7. The molecule has 7 nitrogen and oxygen atoms in total. The highest BCUT2D eigenvalue weighted by Gasteiger charge is 2.18. The third kappa shape index (κ3) is 4.88. The molecule has 27 heavy (non-hydrogen) atoms. The van der Waals surface area contributed by atoms with Crippen molar-refractivity contribution >= 4 is 35.6 Å². The molecule has 3 aromatic rings. The zero-order valence-corrected chi connectivity index (χ0v) is 16.6. The number of nitrogens with zero attached hydrogens (tertiary/aromatic N) is 2. The highest BCUT2D eigenvalue weighted by Crippen LogP contribution is 2.30. The average molecular weight is 411 g/mol. The number of anilines is 1. The Kier molecular flexibility index (Phi) is 7.01. The monoisotopic (exact) mass is 410 g/mol. The smallest absolute Gasteiger partial charge is 0.260 e. The Morgan fingerprint density at radius 2 is 2.11 bits per heavy atom. The second-order valence-electron chi connectivity index (χ2n) is 5.94. The van der Waals surface area contributed by atoms with Crippen molar-refractivity contribution in [3.8, 4) is 11.5 Å². The number of hydrogen-bond acceptors (Lipinski definition) is 6. The molecule has 0 spiro atoms. The fourth-order valence-corrected chi connectivity index (χ4v) is 2.61. The number of benzene rings is 1. The van der Waals surface area contributed by atoms with E-state index in [-0.39, 0.29) is 24.4 Å². The van der Waals surface area contributed by atoms with Crippen molar-refractivity contribution in [3.05, 3.63) is 52.7 Å². The van der Waals surface area contributed by atoms with Crippen LogP contribution in [0, 0.1) is 6.92 Å². The van der Waals surface area contributed by atoms with E-state index in [0.717, 1.165) is 0 Å². The predicted octanol–water partition coefficient (Wildman–Crippen LogP) is 4.12. The van der Waals surface area contributed by atoms with Crippen LogP contribution in [0.1, 0.15) is 28.9 Å². The van der Waals surface area contributed by atoms with Gasteiger partial charge in [0.2, 0.25) is 0 Å². The molecule has 1 amide bonds. The Labute approximate surface area is 167 Å². The van der Waals surface area contributed by atoms with Crippen molar-refractivity contribution in [2.24, 2.45) is 0 Å². The van der Waals surface area contributed by atoms with Crippen LogP contribution in [-0.2, 0) is 6.42 Å². The van der Waals surface area contributed by atoms with E-state index in [2.05, 4.69) is 20.8 Å². The molecule has 9 heteroatoms. The zero-order valence-electron chi connectivity index (χ0n) is 15.1. The van der Waals surface area contributed by atoms with E-state index in [0.29, 0.717) is 45.7 Å². The highest BCUT2D eigenvalue weighted by molar-refractivity contribution is 6.31. The molecule has 0 radical (unpaired) electrons. The van der Waals surface area contributed by atoms with Crippen LogP contribution in [0.4, 0.5) is 5.69 Å². The summed E-state index contributed by atoms with van der Waals surface area (Å²) in [6, 6.07) is 6.91. The quantitative estimate of drug-likeness (QED) is 0.634. The summed E-state index contributed by atoms with van der Waals surface area (Å²) >= 11 is 6.09. The number of amides is 1. The fourth-order valence-electron chi connectivity index (χ4n) is 2.44. The predicted molar refractivity (Wildman–Crippen MR) is 106 cm³/mol. The Bertz CT molecular complexity index is 923. The summed E-state index contributed by atoms with van der Waals surface area (Å²) in [5, 5.41) is 10.4. The fraction of sp³-hybridized carbons (Fsp3) is 0.278. The van der Waals surface area contributed by atoms with Gasteiger partial charge in [0.25, 0.3) is 11.8 Å². The second-order valence-corrected chi connectivity index (χ2v) is 6.38. The van der Waals surface area contributed by atoms with Crippen molar-refractivity contribution < 1.29 is 13.7 Å². The minimum Gasteiger partial charge on any atom is -0.469 e. The molecule has 1 unspecified atom stereocenters. The van der Waals surface area contributed by atoms with Gasteiger partial charge in [-0.1, -0.05) is 16.8 Å². The maximum absolute atomic E-state index is 12.5. The number of aryl methyl sites for hydroxylation is 1. The van der Waals surface area contributed by atoms with E-state index in [9.17, 15) is 4.79 Å². The molecular weight excluding hydrogens is 391 g/mol. The number of hydrogen-bond donors (Lipinski definition) is 2. The van der Waals surface area contributed by atoms with Gasteiger partial charge in [-0.25, -0.2) is 0 Å². The number of furan rings is 1. The summed E-state index contributed by atoms with van der Waals surface area (Å²) in [6.45, 7) is 3.75. The number of rotatable bonds is 6. The molecule has 2 heterocycles. The van der Waals surface area contributed by atoms with Gasteiger partial charge >= 0.3 is 0 Å². The number of carbonyl (C=O) groups is 1. The van der Waals surface area contributed by atoms with Gasteiger partial charge in [-0.3, -0.25) is 4.79 Å². The van der Waals surface area contributed by atoms with Crippen LogP contribution in [0.15, 0.2) is 39.5 Å². The van der Waals surface area contributed by atoms with Crippen molar-refractivity contribution in [3.63, 3.8) is 0 Å². The lowest BCUT2D eigenvalue weighted by Crippen LogP contribution is -2.24. The summed E-state index contributed by atoms with van der Waals surface area (Å²) < 4.78 is 10.5. The largest absolute Gasteiger partial charge is 0.469 e. The lowest BCUT2D eigenvalue weighted by atomic mass is 10.1. The van der Waals surface area contributed by atoms with Gasteiger partial charge in [-0.05, 0) is 45.2 Å². The van der Waals surface area contributed by atoms with Crippen LogP contribution in [0.5, 0.6) is 0 Å². The molecule has 0 aliphatic carbocycles. The standard InChI is InChI=1S/C18H19ClN4O3.ClH/c1-10(20-3)8-16-22-18(26-23-16)14-5-4-12(19)9-15(14)21-17(24)13-6-7-25-11(13)2;/h4-7,9-10,20H,8H2,1-3H3,(H,21,24);1H.